The number of thiophene rings is 1. The average Bonchev–Trinajstić information content (AvgIpc) is 3.08. The number of guanidine groups is 1. The van der Waals surface area contributed by atoms with Crippen molar-refractivity contribution >= 4 is 17.3 Å². The molecule has 2 rings (SSSR count). The van der Waals surface area contributed by atoms with Gasteiger partial charge in [0.15, 0.2) is 5.96 Å². The highest BCUT2D eigenvalue weighted by atomic mass is 32.1. The van der Waals surface area contributed by atoms with Crippen LogP contribution in [-0.2, 0) is 0 Å². The summed E-state index contributed by atoms with van der Waals surface area (Å²) in [4.78, 5) is 8.71. The number of nitrogens with one attached hydrogen (secondary N) is 2. The molecule has 5 nitrogen and oxygen atoms in total. The predicted molar refractivity (Wildman–Crippen MR) is 98.1 cm³/mol. The Morgan fingerprint density at radius 2 is 2.22 bits per heavy atom. The topological polar surface area (TPSA) is 59.9 Å². The Labute approximate surface area is 143 Å². The first-order valence-electron chi connectivity index (χ1n) is 8.65. The average molecular weight is 339 g/mol. The summed E-state index contributed by atoms with van der Waals surface area (Å²) in [6, 6.07) is 4.70. The molecule has 2 heterocycles. The maximum atomic E-state index is 8.99. The second kappa shape index (κ2) is 9.90. The van der Waals surface area contributed by atoms with Gasteiger partial charge in [-0.25, -0.2) is 0 Å². The smallest absolute Gasteiger partial charge is 0.191 e. The van der Waals surface area contributed by atoms with E-state index in [9.17, 15) is 0 Å². The second-order valence-electron chi connectivity index (χ2n) is 6.12. The molecule has 0 aromatic carbocycles. The van der Waals surface area contributed by atoms with Crippen molar-refractivity contribution in [2.45, 2.75) is 32.7 Å². The van der Waals surface area contributed by atoms with Crippen molar-refractivity contribution in [1.82, 2.24) is 15.5 Å². The Balaban J connectivity index is 2.04. The molecule has 0 radical (unpaired) electrons. The van der Waals surface area contributed by atoms with Crippen molar-refractivity contribution in [2.75, 3.05) is 39.3 Å². The summed E-state index contributed by atoms with van der Waals surface area (Å²) in [7, 11) is 0. The van der Waals surface area contributed by atoms with E-state index in [4.69, 9.17) is 10.1 Å². The van der Waals surface area contributed by atoms with E-state index in [0.717, 1.165) is 38.1 Å². The Morgan fingerprint density at radius 3 is 2.83 bits per heavy atom. The molecule has 130 valence electrons. The van der Waals surface area contributed by atoms with E-state index in [1.165, 1.54) is 17.7 Å². The lowest BCUT2D eigenvalue weighted by Gasteiger charge is -2.35. The van der Waals surface area contributed by atoms with Crippen molar-refractivity contribution in [3.63, 3.8) is 0 Å². The molecule has 3 N–H and O–H groups in total. The number of piperidine rings is 1. The highest BCUT2D eigenvalue weighted by Gasteiger charge is 2.25. The quantitative estimate of drug-likeness (QED) is 0.526. The zero-order valence-electron chi connectivity index (χ0n) is 14.3. The Bertz CT molecular complexity index is 455. The van der Waals surface area contributed by atoms with Crippen molar-refractivity contribution in [1.29, 1.82) is 0 Å². The van der Waals surface area contributed by atoms with Crippen molar-refractivity contribution < 1.29 is 5.11 Å². The van der Waals surface area contributed by atoms with Gasteiger partial charge in [-0.2, -0.15) is 0 Å². The Kier molecular flexibility index (Phi) is 7.85. The highest BCUT2D eigenvalue weighted by molar-refractivity contribution is 7.10. The molecular weight excluding hydrogens is 308 g/mol. The normalized spacial score (nSPS) is 18.8. The maximum absolute atomic E-state index is 8.99. The van der Waals surface area contributed by atoms with E-state index >= 15 is 0 Å². The van der Waals surface area contributed by atoms with E-state index in [1.54, 1.807) is 0 Å². The molecule has 0 aliphatic carbocycles. The molecule has 1 aromatic rings. The molecule has 1 aromatic heterocycles. The van der Waals surface area contributed by atoms with Crippen LogP contribution < -0.4 is 10.6 Å². The first kappa shape index (κ1) is 18.2. The van der Waals surface area contributed by atoms with Crippen molar-refractivity contribution in [3.8, 4) is 0 Å². The molecule has 1 atom stereocenters. The number of likely N-dealkylation sites (tertiary alicyclic amines) is 1. The molecule has 6 heteroatoms. The van der Waals surface area contributed by atoms with Gasteiger partial charge < -0.3 is 15.7 Å². The zero-order chi connectivity index (χ0) is 16.5. The zero-order valence-corrected chi connectivity index (χ0v) is 15.1. The van der Waals surface area contributed by atoms with E-state index < -0.39 is 0 Å². The first-order chi connectivity index (χ1) is 11.2. The van der Waals surface area contributed by atoms with Gasteiger partial charge in [0.1, 0.15) is 0 Å². The molecule has 1 saturated heterocycles. The Hall–Kier alpha value is -1.11. The van der Waals surface area contributed by atoms with Gasteiger partial charge in [0.2, 0.25) is 0 Å². The van der Waals surface area contributed by atoms with Crippen LogP contribution in [0, 0.1) is 5.92 Å². The summed E-state index contributed by atoms with van der Waals surface area (Å²) in [5.74, 6) is 1.62. The van der Waals surface area contributed by atoms with Crippen LogP contribution in [0.2, 0.25) is 0 Å². The minimum atomic E-state index is 0.114. The first-order valence-corrected chi connectivity index (χ1v) is 9.53. The van der Waals surface area contributed by atoms with Gasteiger partial charge in [0.25, 0.3) is 0 Å². The molecular formula is C17H30N4OS. The fraction of sp³-hybridized carbons (Fsp3) is 0.706. The van der Waals surface area contributed by atoms with Crippen LogP contribution >= 0.6 is 11.3 Å². The predicted octanol–water partition coefficient (Wildman–Crippen LogP) is 2.07. The largest absolute Gasteiger partial charge is 0.395 e. The standard InChI is InChI=1S/C17H30N4OS/c1-3-18-17(19-8-11-22)20-13-15(16-5-4-12-23-16)21-9-6-14(2)7-10-21/h4-5,12,14-15,22H,3,6-11,13H2,1-2H3,(H2,18,19,20). The summed E-state index contributed by atoms with van der Waals surface area (Å²) in [5.41, 5.74) is 0. The van der Waals surface area contributed by atoms with Crippen molar-refractivity contribution in [2.24, 2.45) is 10.9 Å². The van der Waals surface area contributed by atoms with E-state index in [2.05, 4.69) is 46.9 Å². The summed E-state index contributed by atoms with van der Waals surface area (Å²) in [5, 5.41) is 17.5. The van der Waals surface area contributed by atoms with Crippen LogP contribution in [0.25, 0.3) is 0 Å². The van der Waals surface area contributed by atoms with Crippen molar-refractivity contribution in [3.05, 3.63) is 22.4 Å². The number of aliphatic imine (C=N–C) groups is 1. The molecule has 0 amide bonds. The van der Waals surface area contributed by atoms with Crippen LogP contribution in [0.1, 0.15) is 37.6 Å². The van der Waals surface area contributed by atoms with E-state index in [1.807, 2.05) is 11.3 Å². The number of hydrogen-bond donors (Lipinski definition) is 3. The number of rotatable bonds is 7. The van der Waals surface area contributed by atoms with Gasteiger partial charge in [-0.15, -0.1) is 11.3 Å². The number of aliphatic hydroxyl groups is 1. The number of hydrogen-bond acceptors (Lipinski definition) is 4. The minimum absolute atomic E-state index is 0.114. The maximum Gasteiger partial charge on any atom is 0.191 e. The molecule has 0 saturated carbocycles. The van der Waals surface area contributed by atoms with E-state index in [-0.39, 0.29) is 6.61 Å². The third kappa shape index (κ3) is 5.79. The van der Waals surface area contributed by atoms with Crippen LogP contribution in [-0.4, -0.2) is 55.3 Å². The lowest BCUT2D eigenvalue weighted by Crippen LogP contribution is -2.40. The molecule has 1 aliphatic rings. The highest BCUT2D eigenvalue weighted by Crippen LogP contribution is 2.29. The third-order valence-corrected chi connectivity index (χ3v) is 5.27. The molecule has 1 aliphatic heterocycles. The van der Waals surface area contributed by atoms with Crippen LogP contribution in [0.3, 0.4) is 0 Å². The summed E-state index contributed by atoms with van der Waals surface area (Å²) < 4.78 is 0. The van der Waals surface area contributed by atoms with Crippen LogP contribution in [0.5, 0.6) is 0 Å². The van der Waals surface area contributed by atoms with Crippen LogP contribution in [0.4, 0.5) is 0 Å². The number of nitrogens with zero attached hydrogens (tertiary/aromatic N) is 2. The van der Waals surface area contributed by atoms with Gasteiger partial charge in [-0.3, -0.25) is 9.89 Å². The molecule has 0 spiro atoms. The van der Waals surface area contributed by atoms with Gasteiger partial charge >= 0.3 is 0 Å². The molecule has 23 heavy (non-hydrogen) atoms. The summed E-state index contributed by atoms with van der Waals surface area (Å²) in [6.07, 6.45) is 2.54. The lowest BCUT2D eigenvalue weighted by atomic mass is 9.97. The van der Waals surface area contributed by atoms with Gasteiger partial charge in [0, 0.05) is 18.0 Å². The van der Waals surface area contributed by atoms with Gasteiger partial charge in [-0.1, -0.05) is 13.0 Å². The Morgan fingerprint density at radius 1 is 1.43 bits per heavy atom. The molecule has 1 fully saturated rings. The fourth-order valence-corrected chi connectivity index (χ4v) is 3.75. The van der Waals surface area contributed by atoms with Gasteiger partial charge in [-0.05, 0) is 50.2 Å². The third-order valence-electron chi connectivity index (χ3n) is 4.30. The minimum Gasteiger partial charge on any atom is -0.395 e. The molecule has 0 bridgehead atoms. The monoisotopic (exact) mass is 338 g/mol. The van der Waals surface area contributed by atoms with E-state index in [0.29, 0.717) is 12.6 Å². The SMILES string of the molecule is CCNC(=NCC(c1cccs1)N1CCC(C)CC1)NCCO. The number of aliphatic hydroxyl groups excluding tert-OH is 1. The van der Waals surface area contributed by atoms with Crippen LogP contribution in [0.15, 0.2) is 22.5 Å². The lowest BCUT2D eigenvalue weighted by molar-refractivity contribution is 0.143. The summed E-state index contributed by atoms with van der Waals surface area (Å²) in [6.45, 7) is 8.91. The second-order valence-corrected chi connectivity index (χ2v) is 7.10. The summed E-state index contributed by atoms with van der Waals surface area (Å²) >= 11 is 1.82. The van der Waals surface area contributed by atoms with Gasteiger partial charge in [0.05, 0.1) is 19.2 Å². The fourth-order valence-electron chi connectivity index (χ4n) is 2.90. The molecule has 1 unspecified atom stereocenters.